The fourth-order valence-electron chi connectivity index (χ4n) is 2.64. The number of ether oxygens (including phenoxy) is 2. The van der Waals surface area contributed by atoms with Crippen LogP contribution in [0.1, 0.15) is 37.3 Å². The highest BCUT2D eigenvalue weighted by molar-refractivity contribution is 14.0. The molecule has 1 heterocycles. The van der Waals surface area contributed by atoms with Gasteiger partial charge in [-0.1, -0.05) is 18.1 Å². The van der Waals surface area contributed by atoms with Crippen LogP contribution >= 0.6 is 24.0 Å². The van der Waals surface area contributed by atoms with Crippen LogP contribution in [0.5, 0.6) is 11.5 Å². The number of rotatable bonds is 10. The molecule has 0 amide bonds. The van der Waals surface area contributed by atoms with Gasteiger partial charge in [0.2, 0.25) is 0 Å². The topological polar surface area (TPSA) is 80.9 Å². The lowest BCUT2D eigenvalue weighted by Gasteiger charge is -2.12. The van der Waals surface area contributed by atoms with Crippen LogP contribution in [0.4, 0.5) is 0 Å². The lowest BCUT2D eigenvalue weighted by Crippen LogP contribution is -2.37. The Morgan fingerprint density at radius 3 is 2.64 bits per heavy atom. The second-order valence-electron chi connectivity index (χ2n) is 6.01. The van der Waals surface area contributed by atoms with Crippen LogP contribution in [-0.2, 0) is 19.4 Å². The number of benzene rings is 1. The van der Waals surface area contributed by atoms with Gasteiger partial charge in [-0.3, -0.25) is 4.99 Å². The van der Waals surface area contributed by atoms with Gasteiger partial charge in [0, 0.05) is 19.7 Å². The number of hydrogen-bond acceptors (Lipinski definition) is 5. The highest BCUT2D eigenvalue weighted by Crippen LogP contribution is 2.28. The highest BCUT2D eigenvalue weighted by atomic mass is 127. The Labute approximate surface area is 184 Å². The predicted octanol–water partition coefficient (Wildman–Crippen LogP) is 3.56. The molecule has 1 aromatic carbocycles. The van der Waals surface area contributed by atoms with Crippen LogP contribution in [0, 0.1) is 0 Å². The zero-order valence-corrected chi connectivity index (χ0v) is 19.4. The van der Waals surface area contributed by atoms with E-state index in [4.69, 9.17) is 14.0 Å². The summed E-state index contributed by atoms with van der Waals surface area (Å²) >= 11 is 0. The molecule has 0 bridgehead atoms. The van der Waals surface area contributed by atoms with Crippen molar-refractivity contribution in [1.82, 2.24) is 15.8 Å². The number of hydrogen-bond donors (Lipinski definition) is 2. The van der Waals surface area contributed by atoms with Crippen LogP contribution < -0.4 is 20.1 Å². The number of aryl methyl sites for hydroxylation is 2. The normalized spacial score (nSPS) is 10.9. The summed E-state index contributed by atoms with van der Waals surface area (Å²) in [6.07, 6.45) is 2.78. The molecule has 2 N–H and O–H groups in total. The number of aliphatic imine (C=N–C) groups is 1. The number of methoxy groups -OCH3 is 1. The van der Waals surface area contributed by atoms with E-state index in [0.717, 1.165) is 54.7 Å². The van der Waals surface area contributed by atoms with Gasteiger partial charge in [0.05, 0.1) is 26.0 Å². The number of halogens is 1. The predicted molar refractivity (Wildman–Crippen MR) is 122 cm³/mol. The molecule has 0 radical (unpaired) electrons. The van der Waals surface area contributed by atoms with Crippen LogP contribution in [0.25, 0.3) is 0 Å². The zero-order valence-electron chi connectivity index (χ0n) is 17.1. The highest BCUT2D eigenvalue weighted by Gasteiger charge is 2.06. The van der Waals surface area contributed by atoms with Crippen LogP contribution in [-0.4, -0.2) is 38.4 Å². The first-order chi connectivity index (χ1) is 13.2. The molecule has 0 aliphatic rings. The Morgan fingerprint density at radius 1 is 1.18 bits per heavy atom. The van der Waals surface area contributed by atoms with Crippen molar-refractivity contribution in [3.05, 3.63) is 41.3 Å². The van der Waals surface area contributed by atoms with Crippen molar-refractivity contribution >= 4 is 29.9 Å². The van der Waals surface area contributed by atoms with Gasteiger partial charge in [0.1, 0.15) is 0 Å². The number of aromatic nitrogens is 1. The van der Waals surface area contributed by atoms with E-state index in [1.807, 2.05) is 25.1 Å². The third-order valence-corrected chi connectivity index (χ3v) is 4.09. The van der Waals surface area contributed by atoms with E-state index >= 15 is 0 Å². The van der Waals surface area contributed by atoms with E-state index in [9.17, 15) is 0 Å². The van der Waals surface area contributed by atoms with Crippen molar-refractivity contribution in [2.24, 2.45) is 4.99 Å². The second kappa shape index (κ2) is 13.2. The molecular formula is C20H31IN4O3. The van der Waals surface area contributed by atoms with Crippen molar-refractivity contribution in [2.75, 3.05) is 27.3 Å². The minimum Gasteiger partial charge on any atom is -0.493 e. The first-order valence-corrected chi connectivity index (χ1v) is 9.38. The molecule has 2 aromatic rings. The standard InChI is InChI=1S/C20H30N4O3.HI/c1-5-16-13-17(27-24-16)14-23-20(21-3)22-11-7-8-15-9-10-18(25-4)19(12-15)26-6-2;/h9-10,12-13H,5-8,11,14H2,1-4H3,(H2,21,22,23);1H. The monoisotopic (exact) mass is 502 g/mol. The van der Waals surface area contributed by atoms with Gasteiger partial charge >= 0.3 is 0 Å². The maximum absolute atomic E-state index is 5.63. The number of guanidine groups is 1. The molecule has 8 heteroatoms. The maximum Gasteiger partial charge on any atom is 0.191 e. The molecular weight excluding hydrogens is 471 g/mol. The van der Waals surface area contributed by atoms with E-state index in [2.05, 4.69) is 33.8 Å². The van der Waals surface area contributed by atoms with Gasteiger partial charge in [-0.25, -0.2) is 0 Å². The fraction of sp³-hybridized carbons (Fsp3) is 0.500. The Kier molecular flexibility index (Phi) is 11.4. The largest absolute Gasteiger partial charge is 0.493 e. The van der Waals surface area contributed by atoms with Gasteiger partial charge in [-0.15, -0.1) is 24.0 Å². The number of nitrogens with zero attached hydrogens (tertiary/aromatic N) is 2. The third-order valence-electron chi connectivity index (χ3n) is 4.09. The second-order valence-corrected chi connectivity index (χ2v) is 6.01. The molecule has 7 nitrogen and oxygen atoms in total. The maximum atomic E-state index is 5.63. The van der Waals surface area contributed by atoms with Gasteiger partial charge < -0.3 is 24.6 Å². The summed E-state index contributed by atoms with van der Waals surface area (Å²) in [4.78, 5) is 4.23. The summed E-state index contributed by atoms with van der Waals surface area (Å²) in [5.41, 5.74) is 2.18. The molecule has 0 unspecified atom stereocenters. The summed E-state index contributed by atoms with van der Waals surface area (Å²) < 4.78 is 16.2. The molecule has 0 aliphatic carbocycles. The molecule has 0 atom stereocenters. The first-order valence-electron chi connectivity index (χ1n) is 9.38. The molecule has 2 rings (SSSR count). The van der Waals surface area contributed by atoms with Crippen LogP contribution in [0.3, 0.4) is 0 Å². The van der Waals surface area contributed by atoms with Crippen molar-refractivity contribution < 1.29 is 14.0 Å². The Hall–Kier alpha value is -1.97. The minimum atomic E-state index is 0. The molecule has 28 heavy (non-hydrogen) atoms. The first kappa shape index (κ1) is 24.1. The SMILES string of the molecule is CCOc1cc(CCCNC(=NC)NCc2cc(CC)no2)ccc1OC.I. The lowest BCUT2D eigenvalue weighted by atomic mass is 10.1. The lowest BCUT2D eigenvalue weighted by molar-refractivity contribution is 0.310. The van der Waals surface area contributed by atoms with E-state index in [-0.39, 0.29) is 24.0 Å². The van der Waals surface area contributed by atoms with E-state index in [1.165, 1.54) is 5.56 Å². The van der Waals surface area contributed by atoms with Crippen molar-refractivity contribution in [3.63, 3.8) is 0 Å². The van der Waals surface area contributed by atoms with Crippen molar-refractivity contribution in [2.45, 2.75) is 39.7 Å². The smallest absolute Gasteiger partial charge is 0.191 e. The number of nitrogens with one attached hydrogen (secondary N) is 2. The van der Waals surface area contributed by atoms with Gasteiger partial charge in [-0.05, 0) is 43.9 Å². The molecule has 0 spiro atoms. The zero-order chi connectivity index (χ0) is 19.5. The summed E-state index contributed by atoms with van der Waals surface area (Å²) in [5.74, 6) is 3.11. The van der Waals surface area contributed by atoms with Crippen molar-refractivity contribution in [1.29, 1.82) is 0 Å². The van der Waals surface area contributed by atoms with Crippen LogP contribution in [0.15, 0.2) is 33.8 Å². The van der Waals surface area contributed by atoms with Crippen LogP contribution in [0.2, 0.25) is 0 Å². The van der Waals surface area contributed by atoms with E-state index in [1.54, 1.807) is 14.2 Å². The van der Waals surface area contributed by atoms with E-state index in [0.29, 0.717) is 13.2 Å². The third kappa shape index (κ3) is 7.57. The minimum absolute atomic E-state index is 0. The molecule has 156 valence electrons. The summed E-state index contributed by atoms with van der Waals surface area (Å²) in [5, 5.41) is 10.5. The molecule has 0 fully saturated rings. The summed E-state index contributed by atoms with van der Waals surface area (Å²) in [6, 6.07) is 8.03. The molecule has 0 saturated heterocycles. The summed E-state index contributed by atoms with van der Waals surface area (Å²) in [7, 11) is 3.41. The van der Waals surface area contributed by atoms with Gasteiger partial charge in [0.25, 0.3) is 0 Å². The molecule has 1 aromatic heterocycles. The van der Waals surface area contributed by atoms with E-state index < -0.39 is 0 Å². The van der Waals surface area contributed by atoms with Gasteiger partial charge in [0.15, 0.2) is 23.2 Å². The summed E-state index contributed by atoms with van der Waals surface area (Å²) in [6.45, 7) is 6.01. The Bertz CT molecular complexity index is 734. The molecule has 0 saturated carbocycles. The quantitative estimate of drug-likeness (QED) is 0.224. The van der Waals surface area contributed by atoms with Crippen molar-refractivity contribution in [3.8, 4) is 11.5 Å². The Balaban J connectivity index is 0.00000392. The Morgan fingerprint density at radius 2 is 2.00 bits per heavy atom. The fourth-order valence-corrected chi connectivity index (χ4v) is 2.64. The van der Waals surface area contributed by atoms with Gasteiger partial charge in [-0.2, -0.15) is 0 Å². The average molecular weight is 502 g/mol. The average Bonchev–Trinajstić information content (AvgIpc) is 3.16. The molecule has 0 aliphatic heterocycles.